The number of cyclic esters (lactones) is 1. The number of carbonyl (C=O) groups excluding carboxylic acids is 1. The van der Waals surface area contributed by atoms with Gasteiger partial charge in [-0.05, 0) is 67.6 Å². The van der Waals surface area contributed by atoms with Crippen LogP contribution in [0.5, 0.6) is 0 Å². The van der Waals surface area contributed by atoms with Gasteiger partial charge in [0.25, 0.3) is 0 Å². The molecule has 3 heterocycles. The number of nitrogens with zero attached hydrogens (tertiary/aromatic N) is 2. The Morgan fingerprint density at radius 1 is 1.11 bits per heavy atom. The van der Waals surface area contributed by atoms with Crippen molar-refractivity contribution in [3.63, 3.8) is 0 Å². The van der Waals surface area contributed by atoms with Crippen molar-refractivity contribution in [3.8, 4) is 0 Å². The molecule has 1 atom stereocenters. The third-order valence-electron chi connectivity index (χ3n) is 7.67. The van der Waals surface area contributed by atoms with Crippen molar-refractivity contribution in [2.45, 2.75) is 52.7 Å². The Balaban J connectivity index is 1.97. The fourth-order valence-corrected chi connectivity index (χ4v) is 5.96. The van der Waals surface area contributed by atoms with Crippen molar-refractivity contribution in [1.82, 2.24) is 9.55 Å². The summed E-state index contributed by atoms with van der Waals surface area (Å²) in [4.78, 5) is 18.2. The zero-order chi connectivity index (χ0) is 25.6. The molecule has 0 amide bonds. The van der Waals surface area contributed by atoms with Gasteiger partial charge in [0, 0.05) is 53.3 Å². The number of esters is 1. The number of rotatable bonds is 7. The number of para-hydroxylation sites is 1. The summed E-state index contributed by atoms with van der Waals surface area (Å²) in [5, 5.41) is 1.03. The predicted molar refractivity (Wildman–Crippen MR) is 142 cm³/mol. The Morgan fingerprint density at radius 3 is 2.61 bits per heavy atom. The second kappa shape index (κ2) is 9.10. The zero-order valence-corrected chi connectivity index (χ0v) is 21.6. The minimum absolute atomic E-state index is 0.362. The number of pyridine rings is 1. The van der Waals surface area contributed by atoms with Crippen LogP contribution >= 0.6 is 0 Å². The van der Waals surface area contributed by atoms with Gasteiger partial charge >= 0.3 is 5.97 Å². The van der Waals surface area contributed by atoms with E-state index < -0.39 is 5.60 Å². The van der Waals surface area contributed by atoms with E-state index in [1.165, 1.54) is 0 Å². The van der Waals surface area contributed by atoms with Gasteiger partial charge in [-0.25, -0.2) is 4.79 Å². The minimum atomic E-state index is -1.19. The molecule has 0 spiro atoms. The maximum Gasteiger partial charge on any atom is 0.341 e. The number of aryl methyl sites for hydroxylation is 1. The van der Waals surface area contributed by atoms with Crippen molar-refractivity contribution < 1.29 is 14.3 Å². The molecule has 1 aliphatic heterocycles. The van der Waals surface area contributed by atoms with Crippen LogP contribution in [0.15, 0.2) is 48.7 Å². The van der Waals surface area contributed by atoms with Gasteiger partial charge in [-0.1, -0.05) is 32.0 Å². The molecule has 4 aromatic rings. The summed E-state index contributed by atoms with van der Waals surface area (Å²) in [5.74, 6) is -0.362. The number of fused-ring (bicyclic) bond motifs is 2. The molecule has 36 heavy (non-hydrogen) atoms. The van der Waals surface area contributed by atoms with Gasteiger partial charge in [0.15, 0.2) is 0 Å². The lowest BCUT2D eigenvalue weighted by molar-refractivity contribution is 0.0243. The molecule has 186 valence electrons. The monoisotopic (exact) mass is 483 g/mol. The Morgan fingerprint density at radius 2 is 1.89 bits per heavy atom. The van der Waals surface area contributed by atoms with E-state index in [0.717, 1.165) is 62.9 Å². The largest absolute Gasteiger partial charge is 0.439 e. The maximum absolute atomic E-state index is 13.4. The van der Waals surface area contributed by atoms with Crippen molar-refractivity contribution in [1.29, 1.82) is 0 Å². The van der Waals surface area contributed by atoms with Gasteiger partial charge in [0.2, 0.25) is 5.60 Å². The number of benzene rings is 2. The van der Waals surface area contributed by atoms with Crippen LogP contribution in [-0.2, 0) is 34.5 Å². The molecule has 2 aromatic heterocycles. The standard InChI is InChI=1S/C30H33N3O3/c1-6-20-17-24(18(3)21(7-2)27(20)31)30(28-23(29(34)36-30)12-10-14-32-28)26-19(4)33(15-16-35-5)25-13-9-8-11-22(25)26/h8-14,17H,6-7,15-16,31H2,1-5H3. The number of hydrogen-bond acceptors (Lipinski definition) is 5. The van der Waals surface area contributed by atoms with Crippen molar-refractivity contribution in [2.75, 3.05) is 19.5 Å². The third kappa shape index (κ3) is 3.28. The van der Waals surface area contributed by atoms with Crippen LogP contribution in [-0.4, -0.2) is 29.2 Å². The highest BCUT2D eigenvalue weighted by molar-refractivity contribution is 5.98. The quantitative estimate of drug-likeness (QED) is 0.279. The van der Waals surface area contributed by atoms with Gasteiger partial charge < -0.3 is 19.8 Å². The summed E-state index contributed by atoms with van der Waals surface area (Å²) in [7, 11) is 1.71. The summed E-state index contributed by atoms with van der Waals surface area (Å²) < 4.78 is 14.2. The molecule has 5 rings (SSSR count). The predicted octanol–water partition coefficient (Wildman–Crippen LogP) is 5.47. The lowest BCUT2D eigenvalue weighted by atomic mass is 9.77. The fourth-order valence-electron chi connectivity index (χ4n) is 5.96. The molecule has 2 aromatic carbocycles. The van der Waals surface area contributed by atoms with E-state index in [4.69, 9.17) is 20.2 Å². The first kappa shape index (κ1) is 24.1. The van der Waals surface area contributed by atoms with Gasteiger partial charge in [0.05, 0.1) is 12.2 Å². The number of ether oxygens (including phenoxy) is 2. The van der Waals surface area contributed by atoms with Crippen LogP contribution < -0.4 is 5.73 Å². The molecule has 0 aliphatic carbocycles. The molecule has 0 saturated carbocycles. The van der Waals surface area contributed by atoms with Crippen LogP contribution in [0.2, 0.25) is 0 Å². The SMILES string of the molecule is CCc1cc(C2(c3c(C)n(CCOC)c4ccccc34)OC(=O)c3cccnc32)c(C)c(CC)c1N. The fraction of sp³-hybridized carbons (Fsp3) is 0.333. The Kier molecular flexibility index (Phi) is 6.08. The Bertz CT molecular complexity index is 1490. The highest BCUT2D eigenvalue weighted by Gasteiger charge is 2.53. The van der Waals surface area contributed by atoms with Crippen molar-refractivity contribution >= 4 is 22.6 Å². The van der Waals surface area contributed by atoms with Crippen LogP contribution in [0.3, 0.4) is 0 Å². The van der Waals surface area contributed by atoms with Crippen molar-refractivity contribution in [2.24, 2.45) is 0 Å². The Labute approximate surface area is 212 Å². The maximum atomic E-state index is 13.4. The summed E-state index contributed by atoms with van der Waals surface area (Å²) in [6.45, 7) is 9.65. The highest BCUT2D eigenvalue weighted by Crippen LogP contribution is 2.52. The van der Waals surface area contributed by atoms with Crippen LogP contribution in [0.4, 0.5) is 5.69 Å². The van der Waals surface area contributed by atoms with Crippen LogP contribution in [0.1, 0.15) is 63.4 Å². The minimum Gasteiger partial charge on any atom is -0.439 e. The molecule has 1 aliphatic rings. The number of hydrogen-bond donors (Lipinski definition) is 1. The molecule has 0 fully saturated rings. The molecule has 6 nitrogen and oxygen atoms in total. The van der Waals surface area contributed by atoms with Crippen LogP contribution in [0.25, 0.3) is 10.9 Å². The average molecular weight is 484 g/mol. The number of methoxy groups -OCH3 is 1. The third-order valence-corrected chi connectivity index (χ3v) is 7.67. The van der Waals surface area contributed by atoms with E-state index in [1.54, 1.807) is 25.4 Å². The smallest absolute Gasteiger partial charge is 0.341 e. The zero-order valence-electron chi connectivity index (χ0n) is 21.6. The number of nitrogen functional groups attached to an aromatic ring is 1. The van der Waals surface area contributed by atoms with E-state index in [-0.39, 0.29) is 5.97 Å². The Hall–Kier alpha value is -3.64. The number of nitrogens with two attached hydrogens (primary N) is 1. The molecular formula is C30H33N3O3. The molecule has 0 radical (unpaired) electrons. The first-order valence-corrected chi connectivity index (χ1v) is 12.6. The van der Waals surface area contributed by atoms with E-state index >= 15 is 0 Å². The van der Waals surface area contributed by atoms with E-state index in [1.807, 2.05) is 12.1 Å². The molecule has 6 heteroatoms. The summed E-state index contributed by atoms with van der Waals surface area (Å²) >= 11 is 0. The first-order valence-electron chi connectivity index (χ1n) is 12.6. The normalized spacial score (nSPS) is 17.0. The lowest BCUT2D eigenvalue weighted by Crippen LogP contribution is -2.33. The molecule has 2 N–H and O–H groups in total. The summed E-state index contributed by atoms with van der Waals surface area (Å²) in [5.41, 5.74) is 14.5. The molecule has 0 saturated heterocycles. The van der Waals surface area contributed by atoms with Gasteiger partial charge in [-0.15, -0.1) is 0 Å². The van der Waals surface area contributed by atoms with E-state index in [0.29, 0.717) is 24.4 Å². The van der Waals surface area contributed by atoms with Crippen LogP contribution in [0, 0.1) is 13.8 Å². The molecule has 0 bridgehead atoms. The van der Waals surface area contributed by atoms with Gasteiger partial charge in [0.1, 0.15) is 5.69 Å². The van der Waals surface area contributed by atoms with Gasteiger partial charge in [-0.2, -0.15) is 0 Å². The van der Waals surface area contributed by atoms with Gasteiger partial charge in [-0.3, -0.25) is 4.98 Å². The second-order valence-corrected chi connectivity index (χ2v) is 9.40. The summed E-state index contributed by atoms with van der Waals surface area (Å²) in [6.07, 6.45) is 3.30. The number of aromatic nitrogens is 2. The summed E-state index contributed by atoms with van der Waals surface area (Å²) in [6, 6.07) is 14.0. The topological polar surface area (TPSA) is 79.4 Å². The number of anilines is 1. The number of carbonyl (C=O) groups is 1. The van der Waals surface area contributed by atoms with Crippen molar-refractivity contribution in [3.05, 3.63) is 93.4 Å². The highest BCUT2D eigenvalue weighted by atomic mass is 16.6. The molecule has 1 unspecified atom stereocenters. The average Bonchev–Trinajstić information content (AvgIpc) is 3.34. The second-order valence-electron chi connectivity index (χ2n) is 9.40. The molecular weight excluding hydrogens is 450 g/mol. The first-order chi connectivity index (χ1) is 17.4. The lowest BCUT2D eigenvalue weighted by Gasteiger charge is -2.33. The van der Waals surface area contributed by atoms with E-state index in [2.05, 4.69) is 50.5 Å². The van der Waals surface area contributed by atoms with E-state index in [9.17, 15) is 4.79 Å².